The normalized spacial score (nSPS) is 19.7. The van der Waals surface area contributed by atoms with Crippen LogP contribution < -0.4 is 5.32 Å². The fourth-order valence-electron chi connectivity index (χ4n) is 4.05. The number of thiazole rings is 1. The van der Waals surface area contributed by atoms with Gasteiger partial charge in [0.25, 0.3) is 0 Å². The van der Waals surface area contributed by atoms with Gasteiger partial charge in [-0.3, -0.25) is 4.99 Å². The van der Waals surface area contributed by atoms with Crippen molar-refractivity contribution in [2.45, 2.75) is 65.2 Å². The van der Waals surface area contributed by atoms with E-state index in [2.05, 4.69) is 36.4 Å². The molecule has 25 heavy (non-hydrogen) atoms. The third kappa shape index (κ3) is 5.31. The van der Waals surface area contributed by atoms with Gasteiger partial charge in [0.15, 0.2) is 5.96 Å². The summed E-state index contributed by atoms with van der Waals surface area (Å²) in [6.07, 6.45) is 7.96. The predicted molar refractivity (Wildman–Crippen MR) is 118 cm³/mol. The number of likely N-dealkylation sites (tertiary alicyclic amines) is 1. The van der Waals surface area contributed by atoms with Crippen molar-refractivity contribution in [3.05, 3.63) is 16.1 Å². The Balaban J connectivity index is 0.00000225. The molecule has 6 heteroatoms. The summed E-state index contributed by atoms with van der Waals surface area (Å²) in [4.78, 5) is 12.1. The number of aromatic nitrogens is 1. The molecule has 4 nitrogen and oxygen atoms in total. The molecule has 1 aromatic rings. The number of rotatable bonds is 5. The first-order chi connectivity index (χ1) is 11.6. The fraction of sp³-hybridized carbons (Fsp3) is 0.789. The molecule has 2 aliphatic rings. The lowest BCUT2D eigenvalue weighted by molar-refractivity contribution is 0.309. The highest BCUT2D eigenvalue weighted by Gasteiger charge is 2.41. The summed E-state index contributed by atoms with van der Waals surface area (Å²) in [6.45, 7) is 10.7. The third-order valence-electron chi connectivity index (χ3n) is 5.43. The number of halogens is 1. The van der Waals surface area contributed by atoms with Crippen molar-refractivity contribution in [1.82, 2.24) is 15.2 Å². The Kier molecular flexibility index (Phi) is 7.98. The molecule has 142 valence electrons. The summed E-state index contributed by atoms with van der Waals surface area (Å²) in [5.41, 5.74) is 1.79. The molecule has 1 N–H and O–H groups in total. The highest BCUT2D eigenvalue weighted by Crippen LogP contribution is 2.45. The maximum Gasteiger partial charge on any atom is 0.193 e. The van der Waals surface area contributed by atoms with Crippen molar-refractivity contribution in [3.63, 3.8) is 0 Å². The van der Waals surface area contributed by atoms with E-state index in [0.717, 1.165) is 25.5 Å². The van der Waals surface area contributed by atoms with E-state index in [-0.39, 0.29) is 24.0 Å². The van der Waals surface area contributed by atoms with E-state index in [0.29, 0.717) is 11.3 Å². The minimum Gasteiger partial charge on any atom is -0.357 e. The van der Waals surface area contributed by atoms with Crippen LogP contribution in [0.3, 0.4) is 0 Å². The van der Waals surface area contributed by atoms with E-state index in [1.54, 1.807) is 11.3 Å². The highest BCUT2D eigenvalue weighted by atomic mass is 127. The third-order valence-corrected chi connectivity index (χ3v) is 6.62. The zero-order valence-electron chi connectivity index (χ0n) is 15.9. The zero-order valence-corrected chi connectivity index (χ0v) is 19.0. The van der Waals surface area contributed by atoms with E-state index >= 15 is 0 Å². The molecule has 0 unspecified atom stereocenters. The predicted octanol–water partition coefficient (Wildman–Crippen LogP) is 4.66. The van der Waals surface area contributed by atoms with Gasteiger partial charge < -0.3 is 10.2 Å². The number of guanidine groups is 1. The quantitative estimate of drug-likeness (QED) is 0.382. The summed E-state index contributed by atoms with van der Waals surface area (Å²) >= 11 is 1.78. The van der Waals surface area contributed by atoms with Crippen molar-refractivity contribution in [3.8, 4) is 0 Å². The maximum absolute atomic E-state index is 4.90. The van der Waals surface area contributed by atoms with Gasteiger partial charge in [0, 0.05) is 43.9 Å². The Hall–Kier alpha value is -0.370. The second-order valence-electron chi connectivity index (χ2n) is 7.70. The summed E-state index contributed by atoms with van der Waals surface area (Å²) < 4.78 is 0. The zero-order chi connectivity index (χ0) is 17.0. The van der Waals surface area contributed by atoms with E-state index in [9.17, 15) is 0 Å². The molecule has 0 radical (unpaired) electrons. The Morgan fingerprint density at radius 3 is 2.76 bits per heavy atom. The van der Waals surface area contributed by atoms with Gasteiger partial charge >= 0.3 is 0 Å². The first-order valence-corrected chi connectivity index (χ1v) is 10.5. The lowest BCUT2D eigenvalue weighted by Crippen LogP contribution is -2.41. The molecule has 1 aliphatic carbocycles. The molecule has 0 amide bonds. The topological polar surface area (TPSA) is 40.5 Å². The Morgan fingerprint density at radius 2 is 2.12 bits per heavy atom. The largest absolute Gasteiger partial charge is 0.357 e. The molecule has 1 saturated heterocycles. The number of nitrogens with zero attached hydrogens (tertiary/aromatic N) is 3. The van der Waals surface area contributed by atoms with Crippen molar-refractivity contribution in [2.24, 2.45) is 10.4 Å². The number of aliphatic imine (C=N–C) groups is 1. The van der Waals surface area contributed by atoms with Gasteiger partial charge in [0.1, 0.15) is 0 Å². The molecule has 0 bridgehead atoms. The molecule has 2 heterocycles. The fourth-order valence-corrected chi connectivity index (χ4v) is 4.92. The Morgan fingerprint density at radius 1 is 1.36 bits per heavy atom. The summed E-state index contributed by atoms with van der Waals surface area (Å²) in [5, 5.41) is 6.93. The van der Waals surface area contributed by atoms with Gasteiger partial charge in [0.05, 0.1) is 10.7 Å². The lowest BCUT2D eigenvalue weighted by atomic mass is 9.86. The Bertz CT molecular complexity index is 564. The standard InChI is InChI=1S/C19H32N4S.HI/c1-4-20-18(23-12-10-19(14-23)8-5-6-9-19)21-11-7-16-13-24-17(22-16)15(2)3;/h13,15H,4-12,14H2,1-3H3,(H,20,21);1H. The minimum atomic E-state index is 0. The first kappa shape index (κ1) is 20.9. The van der Waals surface area contributed by atoms with Crippen LogP contribution in [-0.4, -0.2) is 42.0 Å². The van der Waals surface area contributed by atoms with Crippen LogP contribution in [-0.2, 0) is 6.42 Å². The van der Waals surface area contributed by atoms with E-state index in [1.165, 1.54) is 55.9 Å². The van der Waals surface area contributed by atoms with Crippen LogP contribution in [0, 0.1) is 5.41 Å². The van der Waals surface area contributed by atoms with Crippen molar-refractivity contribution in [1.29, 1.82) is 0 Å². The van der Waals surface area contributed by atoms with Gasteiger partial charge in [-0.15, -0.1) is 35.3 Å². The van der Waals surface area contributed by atoms with Gasteiger partial charge in [-0.05, 0) is 31.6 Å². The lowest BCUT2D eigenvalue weighted by Gasteiger charge is -2.25. The van der Waals surface area contributed by atoms with Gasteiger partial charge in [0.2, 0.25) is 0 Å². The van der Waals surface area contributed by atoms with Gasteiger partial charge in [-0.2, -0.15) is 0 Å². The monoisotopic (exact) mass is 476 g/mol. The van der Waals surface area contributed by atoms with Crippen molar-refractivity contribution >= 4 is 41.3 Å². The van der Waals surface area contributed by atoms with Crippen molar-refractivity contribution in [2.75, 3.05) is 26.2 Å². The first-order valence-electron chi connectivity index (χ1n) is 9.59. The molecular weight excluding hydrogens is 443 g/mol. The van der Waals surface area contributed by atoms with E-state index in [1.807, 2.05) is 0 Å². The highest BCUT2D eigenvalue weighted by molar-refractivity contribution is 14.0. The molecule has 0 atom stereocenters. The molecular formula is C19H33IN4S. The molecule has 1 aromatic heterocycles. The molecule has 1 spiro atoms. The molecule has 2 fully saturated rings. The maximum atomic E-state index is 4.90. The van der Waals surface area contributed by atoms with Crippen LogP contribution in [0.1, 0.15) is 69.5 Å². The van der Waals surface area contributed by atoms with E-state index < -0.39 is 0 Å². The van der Waals surface area contributed by atoms with Crippen LogP contribution in [0.15, 0.2) is 10.4 Å². The van der Waals surface area contributed by atoms with Crippen LogP contribution in [0.2, 0.25) is 0 Å². The van der Waals surface area contributed by atoms with Crippen LogP contribution >= 0.6 is 35.3 Å². The summed E-state index contributed by atoms with van der Waals surface area (Å²) in [5.74, 6) is 1.64. The van der Waals surface area contributed by atoms with Crippen LogP contribution in [0.25, 0.3) is 0 Å². The molecule has 3 rings (SSSR count). The van der Waals surface area contributed by atoms with Crippen molar-refractivity contribution < 1.29 is 0 Å². The number of nitrogens with one attached hydrogen (secondary N) is 1. The second kappa shape index (κ2) is 9.53. The Labute approximate surface area is 173 Å². The van der Waals surface area contributed by atoms with Crippen LogP contribution in [0.5, 0.6) is 0 Å². The number of hydrogen-bond donors (Lipinski definition) is 1. The van der Waals surface area contributed by atoms with Gasteiger partial charge in [-0.1, -0.05) is 26.7 Å². The number of hydrogen-bond acceptors (Lipinski definition) is 3. The minimum absolute atomic E-state index is 0. The van der Waals surface area contributed by atoms with Crippen LogP contribution in [0.4, 0.5) is 0 Å². The summed E-state index contributed by atoms with van der Waals surface area (Å²) in [6, 6.07) is 0. The molecule has 1 saturated carbocycles. The summed E-state index contributed by atoms with van der Waals surface area (Å²) in [7, 11) is 0. The molecule has 1 aliphatic heterocycles. The average Bonchev–Trinajstić information content (AvgIpc) is 3.29. The van der Waals surface area contributed by atoms with Gasteiger partial charge in [-0.25, -0.2) is 4.98 Å². The second-order valence-corrected chi connectivity index (χ2v) is 8.59. The average molecular weight is 476 g/mol. The SMILES string of the molecule is CCNC(=NCCc1csc(C(C)C)n1)N1CCC2(CCCC2)C1.I. The van der Waals surface area contributed by atoms with E-state index in [4.69, 9.17) is 9.98 Å². The smallest absolute Gasteiger partial charge is 0.193 e. The molecule has 0 aromatic carbocycles.